The third-order valence-electron chi connectivity index (χ3n) is 3.75. The summed E-state index contributed by atoms with van der Waals surface area (Å²) in [5.74, 6) is 1.10. The van der Waals surface area contributed by atoms with Crippen molar-refractivity contribution in [3.05, 3.63) is 30.3 Å². The molecule has 2 aliphatic rings. The fourth-order valence-electron chi connectivity index (χ4n) is 2.88. The van der Waals surface area contributed by atoms with Crippen LogP contribution in [-0.2, 0) is 4.74 Å². The molecule has 2 fully saturated rings. The number of nitrogen functional groups attached to an aromatic ring is 1. The van der Waals surface area contributed by atoms with Gasteiger partial charge in [-0.05, 0) is 6.42 Å². The summed E-state index contributed by atoms with van der Waals surface area (Å²) in [4.78, 5) is 6.20. The molecule has 2 aliphatic heterocycles. The minimum absolute atomic E-state index is 0.308. The summed E-state index contributed by atoms with van der Waals surface area (Å²) in [5.41, 5.74) is 6.81. The number of hydrogen-bond acceptors (Lipinski definition) is 5. The minimum Gasteiger partial charge on any atom is -0.374 e. The van der Waals surface area contributed by atoms with E-state index < -0.39 is 0 Å². The van der Waals surface area contributed by atoms with Crippen LogP contribution in [0.3, 0.4) is 0 Å². The molecule has 0 amide bonds. The topological polar surface area (TPSA) is 69.2 Å². The number of fused-ring (bicyclic) bond motifs is 2. The maximum atomic E-state index is 5.78. The Bertz CT molecular complexity index is 596. The van der Waals surface area contributed by atoms with E-state index in [0.29, 0.717) is 18.1 Å². The number of hydrogen-bond donors (Lipinski definition) is 1. The molecule has 2 unspecified atom stereocenters. The smallest absolute Gasteiger partial charge is 0.242 e. The van der Waals surface area contributed by atoms with Gasteiger partial charge in [-0.25, -0.2) is 0 Å². The molecule has 2 atom stereocenters. The van der Waals surface area contributed by atoms with E-state index in [1.807, 2.05) is 35.1 Å². The highest BCUT2D eigenvalue weighted by atomic mass is 16.5. The van der Waals surface area contributed by atoms with E-state index in [-0.39, 0.29) is 0 Å². The van der Waals surface area contributed by atoms with Crippen molar-refractivity contribution in [3.8, 4) is 11.4 Å². The van der Waals surface area contributed by atoms with Crippen LogP contribution in [0.5, 0.6) is 0 Å². The summed E-state index contributed by atoms with van der Waals surface area (Å²) < 4.78 is 5.62. The molecule has 98 valence electrons. The highest BCUT2D eigenvalue weighted by Gasteiger charge is 2.40. The molecule has 2 saturated heterocycles. The van der Waals surface area contributed by atoms with Gasteiger partial charge in [0.2, 0.25) is 5.95 Å². The first-order chi connectivity index (χ1) is 9.31. The number of nitrogens with two attached hydrogens (primary N) is 1. The number of rotatable bonds is 2. The molecule has 3 heterocycles. The largest absolute Gasteiger partial charge is 0.374 e. The Labute approximate surface area is 110 Å². The van der Waals surface area contributed by atoms with Crippen molar-refractivity contribution in [3.63, 3.8) is 0 Å². The summed E-state index contributed by atoms with van der Waals surface area (Å²) in [6.07, 6.45) is 1.38. The molecule has 0 saturated carbocycles. The summed E-state index contributed by atoms with van der Waals surface area (Å²) in [5, 5.41) is 6.55. The summed E-state index contributed by atoms with van der Waals surface area (Å²) in [6, 6.07) is 10.4. The van der Waals surface area contributed by atoms with Gasteiger partial charge in [-0.15, -0.1) is 5.10 Å². The first kappa shape index (κ1) is 10.8. The van der Waals surface area contributed by atoms with Crippen molar-refractivity contribution in [2.75, 3.05) is 23.9 Å². The molecule has 0 spiro atoms. The van der Waals surface area contributed by atoms with Crippen molar-refractivity contribution in [2.45, 2.75) is 18.6 Å². The summed E-state index contributed by atoms with van der Waals surface area (Å²) >= 11 is 0. The van der Waals surface area contributed by atoms with Crippen LogP contribution in [-0.4, -0.2) is 40.2 Å². The molecule has 2 N–H and O–H groups in total. The van der Waals surface area contributed by atoms with Gasteiger partial charge >= 0.3 is 0 Å². The molecule has 19 heavy (non-hydrogen) atoms. The maximum absolute atomic E-state index is 5.78. The van der Waals surface area contributed by atoms with Crippen molar-refractivity contribution in [2.24, 2.45) is 0 Å². The molecule has 6 nitrogen and oxygen atoms in total. The van der Waals surface area contributed by atoms with Gasteiger partial charge in [-0.3, -0.25) is 5.01 Å². The molecule has 0 radical (unpaired) electrons. The molecule has 0 aliphatic carbocycles. The van der Waals surface area contributed by atoms with Crippen molar-refractivity contribution in [1.29, 1.82) is 0 Å². The summed E-state index contributed by atoms with van der Waals surface area (Å²) in [6.45, 7) is 1.62. The van der Waals surface area contributed by atoms with Crippen LogP contribution in [0.2, 0.25) is 0 Å². The van der Waals surface area contributed by atoms with Gasteiger partial charge in [0, 0.05) is 5.56 Å². The van der Waals surface area contributed by atoms with E-state index in [9.17, 15) is 0 Å². The standard InChI is InChI=1S/C13H15N5O/c14-13-15-12(9-4-2-1-3-5-9)18(16-13)17-7-11-6-10(17)8-19-11/h1-5,10-11H,6-8H2,(H2,14,16). The normalized spacial score (nSPS) is 25.2. The lowest BCUT2D eigenvalue weighted by Crippen LogP contribution is -2.45. The van der Waals surface area contributed by atoms with Crippen LogP contribution in [0.4, 0.5) is 5.95 Å². The predicted molar refractivity (Wildman–Crippen MR) is 71.1 cm³/mol. The second-order valence-electron chi connectivity index (χ2n) is 5.02. The van der Waals surface area contributed by atoms with Crippen molar-refractivity contribution < 1.29 is 4.74 Å². The van der Waals surface area contributed by atoms with Gasteiger partial charge in [-0.2, -0.15) is 9.77 Å². The van der Waals surface area contributed by atoms with Crippen LogP contribution in [0, 0.1) is 0 Å². The maximum Gasteiger partial charge on any atom is 0.242 e. The Morgan fingerprint density at radius 1 is 1.26 bits per heavy atom. The first-order valence-electron chi connectivity index (χ1n) is 6.48. The van der Waals surface area contributed by atoms with Crippen molar-refractivity contribution >= 4 is 5.95 Å². The molecule has 1 aromatic carbocycles. The number of ether oxygens (including phenoxy) is 1. The van der Waals surface area contributed by atoms with Gasteiger partial charge in [-0.1, -0.05) is 30.3 Å². The lowest BCUT2D eigenvalue weighted by Gasteiger charge is -2.29. The summed E-state index contributed by atoms with van der Waals surface area (Å²) in [7, 11) is 0. The molecule has 2 aromatic rings. The number of morpholine rings is 1. The predicted octanol–water partition coefficient (Wildman–Crippen LogP) is 0.636. The Balaban J connectivity index is 1.77. The van der Waals surface area contributed by atoms with Crippen LogP contribution in [0.1, 0.15) is 6.42 Å². The highest BCUT2D eigenvalue weighted by Crippen LogP contribution is 2.28. The second kappa shape index (κ2) is 3.96. The zero-order chi connectivity index (χ0) is 12.8. The fraction of sp³-hybridized carbons (Fsp3) is 0.385. The van der Waals surface area contributed by atoms with E-state index >= 15 is 0 Å². The molecular weight excluding hydrogens is 242 g/mol. The number of nitrogens with zero attached hydrogens (tertiary/aromatic N) is 4. The molecular formula is C13H15N5O. The third-order valence-corrected chi connectivity index (χ3v) is 3.75. The van der Waals surface area contributed by atoms with Gasteiger partial charge < -0.3 is 10.5 Å². The lowest BCUT2D eigenvalue weighted by molar-refractivity contribution is 0.0896. The zero-order valence-electron chi connectivity index (χ0n) is 10.4. The SMILES string of the molecule is Nc1nc(-c2ccccc2)n(N2CC3CC2CO3)n1. The van der Waals surface area contributed by atoms with Gasteiger partial charge in [0.25, 0.3) is 0 Å². The molecule has 4 rings (SSSR count). The average Bonchev–Trinajstić information content (AvgIpc) is 3.13. The van der Waals surface area contributed by atoms with Gasteiger partial charge in [0.15, 0.2) is 5.82 Å². The Morgan fingerprint density at radius 3 is 2.79 bits per heavy atom. The van der Waals surface area contributed by atoms with Gasteiger partial charge in [0.05, 0.1) is 25.3 Å². The van der Waals surface area contributed by atoms with Crippen LogP contribution >= 0.6 is 0 Å². The van der Waals surface area contributed by atoms with Gasteiger partial charge in [0.1, 0.15) is 0 Å². The molecule has 6 heteroatoms. The van der Waals surface area contributed by atoms with Crippen LogP contribution < -0.4 is 10.7 Å². The van der Waals surface area contributed by atoms with E-state index in [4.69, 9.17) is 10.5 Å². The lowest BCUT2D eigenvalue weighted by atomic mass is 10.2. The Morgan fingerprint density at radius 2 is 2.11 bits per heavy atom. The third kappa shape index (κ3) is 1.67. The highest BCUT2D eigenvalue weighted by molar-refractivity contribution is 5.56. The first-order valence-corrected chi connectivity index (χ1v) is 6.48. The van der Waals surface area contributed by atoms with E-state index in [0.717, 1.165) is 31.0 Å². The fourth-order valence-corrected chi connectivity index (χ4v) is 2.88. The van der Waals surface area contributed by atoms with Crippen LogP contribution in [0.25, 0.3) is 11.4 Å². The van der Waals surface area contributed by atoms with E-state index in [1.54, 1.807) is 0 Å². The Hall–Kier alpha value is -2.08. The van der Waals surface area contributed by atoms with Crippen molar-refractivity contribution in [1.82, 2.24) is 14.9 Å². The van der Waals surface area contributed by atoms with Crippen LogP contribution in [0.15, 0.2) is 30.3 Å². The number of anilines is 1. The average molecular weight is 257 g/mol. The number of aromatic nitrogens is 3. The monoisotopic (exact) mass is 257 g/mol. The quantitative estimate of drug-likeness (QED) is 0.855. The number of benzene rings is 1. The van der Waals surface area contributed by atoms with E-state index in [1.165, 1.54) is 0 Å². The molecule has 2 bridgehead atoms. The van der Waals surface area contributed by atoms with E-state index in [2.05, 4.69) is 15.1 Å². The second-order valence-corrected chi connectivity index (χ2v) is 5.02. The zero-order valence-corrected chi connectivity index (χ0v) is 10.4. The Kier molecular flexibility index (Phi) is 2.25. The minimum atomic E-state index is 0.308. The molecule has 1 aromatic heterocycles.